The van der Waals surface area contributed by atoms with Crippen LogP contribution in [-0.4, -0.2) is 33.6 Å². The van der Waals surface area contributed by atoms with E-state index in [0.29, 0.717) is 0 Å². The van der Waals surface area contributed by atoms with Gasteiger partial charge in [0.25, 0.3) is 11.1 Å². The van der Waals surface area contributed by atoms with Gasteiger partial charge in [-0.25, -0.2) is 0 Å². The van der Waals surface area contributed by atoms with Gasteiger partial charge in [0.05, 0.1) is 10.6 Å². The van der Waals surface area contributed by atoms with Gasteiger partial charge < -0.3 is 10.4 Å². The Bertz CT molecular complexity index is 968. The minimum absolute atomic E-state index is 0.0811. The van der Waals surface area contributed by atoms with Gasteiger partial charge in [0.1, 0.15) is 12.3 Å². The summed E-state index contributed by atoms with van der Waals surface area (Å²) in [5.74, 6) is -1.15. The van der Waals surface area contributed by atoms with E-state index >= 15 is 0 Å². The Balaban J connectivity index is 1.72. The molecule has 0 unspecified atom stereocenters. The molecule has 138 valence electrons. The summed E-state index contributed by atoms with van der Waals surface area (Å²) in [6, 6.07) is 12.3. The summed E-state index contributed by atoms with van der Waals surface area (Å²) in [5.41, 5.74) is 2.95. The number of thioether (sulfide) groups is 1. The van der Waals surface area contributed by atoms with Crippen molar-refractivity contribution < 1.29 is 19.5 Å². The van der Waals surface area contributed by atoms with Crippen LogP contribution < -0.4 is 5.32 Å². The van der Waals surface area contributed by atoms with Gasteiger partial charge >= 0.3 is 0 Å². The number of aromatic hydroxyl groups is 1. The Kier molecular flexibility index (Phi) is 5.32. The molecular weight excluding hydrogens is 364 g/mol. The van der Waals surface area contributed by atoms with Crippen LogP contribution in [0.3, 0.4) is 0 Å². The Hall–Kier alpha value is -3.06. The van der Waals surface area contributed by atoms with Gasteiger partial charge in [0.2, 0.25) is 5.91 Å². The van der Waals surface area contributed by atoms with Crippen molar-refractivity contribution in [1.29, 1.82) is 0 Å². The van der Waals surface area contributed by atoms with Gasteiger partial charge in [-0.1, -0.05) is 35.9 Å². The average molecular weight is 382 g/mol. The number of nitrogens with one attached hydrogen (secondary N) is 1. The Morgan fingerprint density at radius 2 is 1.89 bits per heavy atom. The summed E-state index contributed by atoms with van der Waals surface area (Å²) >= 11 is 0.806. The van der Waals surface area contributed by atoms with Crippen molar-refractivity contribution >= 4 is 40.6 Å². The van der Waals surface area contributed by atoms with E-state index in [4.69, 9.17) is 0 Å². The fraction of sp³-hybridized carbons (Fsp3) is 0.150. The molecule has 0 saturated carbocycles. The van der Waals surface area contributed by atoms with E-state index in [1.54, 1.807) is 18.2 Å². The van der Waals surface area contributed by atoms with Gasteiger partial charge in [0, 0.05) is 0 Å². The van der Waals surface area contributed by atoms with Gasteiger partial charge in [-0.15, -0.1) is 0 Å². The number of amides is 3. The first-order chi connectivity index (χ1) is 12.8. The Morgan fingerprint density at radius 3 is 2.63 bits per heavy atom. The van der Waals surface area contributed by atoms with Crippen molar-refractivity contribution in [3.8, 4) is 5.75 Å². The molecule has 27 heavy (non-hydrogen) atoms. The summed E-state index contributed by atoms with van der Waals surface area (Å²) in [4.78, 5) is 38.1. The zero-order chi connectivity index (χ0) is 19.6. The minimum atomic E-state index is -0.560. The van der Waals surface area contributed by atoms with Gasteiger partial charge in [-0.2, -0.15) is 0 Å². The third kappa shape index (κ3) is 4.38. The van der Waals surface area contributed by atoms with Crippen molar-refractivity contribution in [2.75, 3.05) is 11.9 Å². The minimum Gasteiger partial charge on any atom is -0.506 e. The van der Waals surface area contributed by atoms with Crippen LogP contribution in [0.25, 0.3) is 6.08 Å². The van der Waals surface area contributed by atoms with Crippen LogP contribution in [0.2, 0.25) is 0 Å². The number of nitrogens with zero attached hydrogens (tertiary/aromatic N) is 1. The van der Waals surface area contributed by atoms with Gasteiger partial charge in [-0.05, 0) is 54.9 Å². The molecule has 6 nitrogen and oxygen atoms in total. The number of rotatable bonds is 4. The van der Waals surface area contributed by atoms with Crippen molar-refractivity contribution in [3.63, 3.8) is 0 Å². The fourth-order valence-corrected chi connectivity index (χ4v) is 3.47. The van der Waals surface area contributed by atoms with Gasteiger partial charge in [0.15, 0.2) is 0 Å². The van der Waals surface area contributed by atoms with Crippen LogP contribution in [0.5, 0.6) is 5.75 Å². The Morgan fingerprint density at radius 1 is 1.15 bits per heavy atom. The van der Waals surface area contributed by atoms with Gasteiger partial charge in [-0.3, -0.25) is 19.3 Å². The lowest BCUT2D eigenvalue weighted by molar-refractivity contribution is -0.127. The first kappa shape index (κ1) is 18.7. The molecule has 2 N–H and O–H groups in total. The predicted molar refractivity (Wildman–Crippen MR) is 105 cm³/mol. The number of hydrogen-bond donors (Lipinski definition) is 2. The largest absolute Gasteiger partial charge is 0.506 e. The normalized spacial score (nSPS) is 15.5. The second-order valence-electron chi connectivity index (χ2n) is 6.25. The number of phenols is 1. The number of aryl methyl sites for hydroxylation is 2. The topological polar surface area (TPSA) is 86.7 Å². The van der Waals surface area contributed by atoms with Crippen molar-refractivity contribution in [2.24, 2.45) is 0 Å². The van der Waals surface area contributed by atoms with E-state index in [1.165, 1.54) is 6.07 Å². The second kappa shape index (κ2) is 7.67. The van der Waals surface area contributed by atoms with Crippen LogP contribution >= 0.6 is 11.8 Å². The van der Waals surface area contributed by atoms with E-state index in [2.05, 4.69) is 5.32 Å². The number of benzene rings is 2. The molecule has 1 heterocycles. The van der Waals surface area contributed by atoms with E-state index in [1.807, 2.05) is 38.1 Å². The smallest absolute Gasteiger partial charge is 0.294 e. The molecule has 1 aliphatic heterocycles. The maximum absolute atomic E-state index is 12.5. The number of hydrogen-bond acceptors (Lipinski definition) is 5. The highest BCUT2D eigenvalue weighted by Crippen LogP contribution is 2.32. The molecule has 0 aliphatic carbocycles. The van der Waals surface area contributed by atoms with Crippen molar-refractivity contribution in [3.05, 3.63) is 64.1 Å². The molecule has 7 heteroatoms. The lowest BCUT2D eigenvalue weighted by atomic mass is 10.1. The molecule has 0 atom stereocenters. The fourth-order valence-electron chi connectivity index (χ4n) is 2.63. The van der Waals surface area contributed by atoms with Crippen LogP contribution in [0.15, 0.2) is 47.4 Å². The standard InChI is InChI=1S/C20H18N2O4S/c1-12-4-3-5-14(8-12)10-17-19(25)22(20(26)27-17)11-18(24)21-15-9-13(2)6-7-16(15)23/h3-10,23H,11H2,1-2H3,(H,21,24)/b17-10-. The third-order valence-corrected chi connectivity index (χ3v) is 4.85. The third-order valence-electron chi connectivity index (χ3n) is 3.94. The molecule has 3 rings (SSSR count). The lowest BCUT2D eigenvalue weighted by Gasteiger charge is -2.13. The molecule has 0 spiro atoms. The molecular formula is C20H18N2O4S. The molecule has 2 aromatic rings. The second-order valence-corrected chi connectivity index (χ2v) is 7.24. The molecule has 3 amide bonds. The van der Waals surface area contributed by atoms with Crippen LogP contribution in [0, 0.1) is 13.8 Å². The number of carbonyl (C=O) groups is 3. The summed E-state index contributed by atoms with van der Waals surface area (Å²) in [6.07, 6.45) is 1.64. The Labute approximate surface area is 160 Å². The van der Waals surface area contributed by atoms with Crippen LogP contribution in [-0.2, 0) is 9.59 Å². The molecule has 1 fully saturated rings. The van der Waals surface area contributed by atoms with E-state index in [0.717, 1.165) is 33.4 Å². The average Bonchev–Trinajstić information content (AvgIpc) is 2.86. The maximum atomic E-state index is 12.5. The maximum Gasteiger partial charge on any atom is 0.294 e. The highest BCUT2D eigenvalue weighted by molar-refractivity contribution is 8.18. The van der Waals surface area contributed by atoms with Crippen LogP contribution in [0.4, 0.5) is 10.5 Å². The van der Waals surface area contributed by atoms with E-state index < -0.39 is 23.6 Å². The molecule has 0 aromatic heterocycles. The molecule has 1 saturated heterocycles. The quantitative estimate of drug-likeness (QED) is 0.622. The SMILES string of the molecule is Cc1cccc(/C=C2\SC(=O)N(CC(=O)Nc3cc(C)ccc3O)C2=O)c1. The zero-order valence-corrected chi connectivity index (χ0v) is 15.7. The van der Waals surface area contributed by atoms with E-state index in [9.17, 15) is 19.5 Å². The summed E-state index contributed by atoms with van der Waals surface area (Å²) in [7, 11) is 0. The molecule has 0 bridgehead atoms. The highest BCUT2D eigenvalue weighted by Gasteiger charge is 2.36. The molecule has 2 aromatic carbocycles. The summed E-state index contributed by atoms with van der Waals surface area (Å²) < 4.78 is 0. The first-order valence-corrected chi connectivity index (χ1v) is 9.06. The highest BCUT2D eigenvalue weighted by atomic mass is 32.2. The zero-order valence-electron chi connectivity index (χ0n) is 14.9. The molecule has 0 radical (unpaired) electrons. The van der Waals surface area contributed by atoms with Crippen molar-refractivity contribution in [1.82, 2.24) is 4.90 Å². The monoisotopic (exact) mass is 382 g/mol. The predicted octanol–water partition coefficient (Wildman–Crippen LogP) is 3.68. The lowest BCUT2D eigenvalue weighted by Crippen LogP contribution is -2.36. The number of carbonyl (C=O) groups excluding carboxylic acids is 3. The summed E-state index contributed by atoms with van der Waals surface area (Å²) in [5, 5.41) is 11.8. The number of imide groups is 1. The van der Waals surface area contributed by atoms with Crippen molar-refractivity contribution in [2.45, 2.75) is 13.8 Å². The summed E-state index contributed by atoms with van der Waals surface area (Å²) in [6.45, 7) is 3.35. The van der Waals surface area contributed by atoms with E-state index in [-0.39, 0.29) is 16.3 Å². The number of anilines is 1. The first-order valence-electron chi connectivity index (χ1n) is 8.25. The van der Waals surface area contributed by atoms with Crippen LogP contribution in [0.1, 0.15) is 16.7 Å². The molecule has 1 aliphatic rings. The number of phenolic OH excluding ortho intramolecular Hbond substituents is 1.